The van der Waals surface area contributed by atoms with Crippen LogP contribution in [0.1, 0.15) is 18.5 Å². The summed E-state index contributed by atoms with van der Waals surface area (Å²) in [6, 6.07) is 6.34. The fraction of sp³-hybridized carbons (Fsp3) is 0.625. The molecule has 1 N–H and O–H groups in total. The van der Waals surface area contributed by atoms with Gasteiger partial charge in [-0.1, -0.05) is 6.07 Å². The average molecular weight is 304 g/mol. The number of ether oxygens (including phenoxy) is 1. The number of fused-ring (bicyclic) bond motifs is 1. The van der Waals surface area contributed by atoms with Crippen LogP contribution in [0.2, 0.25) is 0 Å². The molecule has 3 heterocycles. The third-order valence-corrected chi connectivity index (χ3v) is 4.44. The minimum Gasteiger partial charge on any atom is -0.374 e. The Morgan fingerprint density at radius 1 is 1.50 bits per heavy atom. The minimum atomic E-state index is -0.0578. The zero-order chi connectivity index (χ0) is 15.5. The van der Waals surface area contributed by atoms with E-state index in [1.165, 1.54) is 0 Å². The summed E-state index contributed by atoms with van der Waals surface area (Å²) < 4.78 is 5.97. The summed E-state index contributed by atoms with van der Waals surface area (Å²) in [5, 5.41) is 3.09. The predicted molar refractivity (Wildman–Crippen MR) is 83.4 cm³/mol. The molecule has 0 aliphatic carbocycles. The maximum atomic E-state index is 12.0. The molecule has 0 aromatic carbocycles. The van der Waals surface area contributed by atoms with Crippen molar-refractivity contribution < 1.29 is 9.53 Å². The molecular weight excluding hydrogens is 280 g/mol. The average Bonchev–Trinajstić information content (AvgIpc) is 2.86. The quantitative estimate of drug-likeness (QED) is 0.908. The Labute approximate surface area is 131 Å². The zero-order valence-electron chi connectivity index (χ0n) is 13.2. The summed E-state index contributed by atoms with van der Waals surface area (Å²) in [7, 11) is 3.52. The second kappa shape index (κ2) is 6.62. The maximum Gasteiger partial charge on any atom is 0.317 e. The molecule has 2 fully saturated rings. The van der Waals surface area contributed by atoms with Crippen LogP contribution in [-0.2, 0) is 11.3 Å². The van der Waals surface area contributed by atoms with Crippen molar-refractivity contribution in [3.05, 3.63) is 30.1 Å². The van der Waals surface area contributed by atoms with E-state index in [1.54, 1.807) is 19.0 Å². The number of amides is 2. The van der Waals surface area contributed by atoms with Gasteiger partial charge in [0, 0.05) is 46.0 Å². The number of nitrogens with zero attached hydrogens (tertiary/aromatic N) is 3. The lowest BCUT2D eigenvalue weighted by atomic mass is 10.0. The number of hydrogen-bond acceptors (Lipinski definition) is 4. The van der Waals surface area contributed by atoms with Gasteiger partial charge in [0.2, 0.25) is 0 Å². The molecule has 6 heteroatoms. The third-order valence-electron chi connectivity index (χ3n) is 4.44. The van der Waals surface area contributed by atoms with Gasteiger partial charge in [0.15, 0.2) is 0 Å². The van der Waals surface area contributed by atoms with Crippen molar-refractivity contribution in [2.75, 3.05) is 27.2 Å². The number of urea groups is 1. The number of pyridine rings is 1. The van der Waals surface area contributed by atoms with Crippen LogP contribution in [0.4, 0.5) is 4.79 Å². The maximum absolute atomic E-state index is 12.0. The van der Waals surface area contributed by atoms with Crippen LogP contribution in [0.5, 0.6) is 0 Å². The first-order chi connectivity index (χ1) is 10.6. The van der Waals surface area contributed by atoms with Gasteiger partial charge in [0.25, 0.3) is 0 Å². The molecule has 120 valence electrons. The summed E-state index contributed by atoms with van der Waals surface area (Å²) in [5.41, 5.74) is 1.06. The standard InChI is InChI=1S/C16H24N4O2/c1-19(2)16(21)18-13-11-20(10-12-6-3-4-8-17-12)14-7-5-9-22-15(13)14/h3-4,6,8,13-15H,5,7,9-11H2,1-2H3,(H,18,21)/t13-,14+,15+/m1/s1. The second-order valence-corrected chi connectivity index (χ2v) is 6.25. The zero-order valence-corrected chi connectivity index (χ0v) is 13.2. The van der Waals surface area contributed by atoms with E-state index in [-0.39, 0.29) is 18.2 Å². The van der Waals surface area contributed by atoms with Gasteiger partial charge in [-0.2, -0.15) is 0 Å². The highest BCUT2D eigenvalue weighted by atomic mass is 16.5. The van der Waals surface area contributed by atoms with Gasteiger partial charge in [-0.15, -0.1) is 0 Å². The van der Waals surface area contributed by atoms with Crippen LogP contribution >= 0.6 is 0 Å². The van der Waals surface area contributed by atoms with E-state index < -0.39 is 0 Å². The summed E-state index contributed by atoms with van der Waals surface area (Å²) in [6.45, 7) is 2.40. The highest BCUT2D eigenvalue weighted by molar-refractivity contribution is 5.74. The van der Waals surface area contributed by atoms with Gasteiger partial charge < -0.3 is 15.0 Å². The summed E-state index contributed by atoms with van der Waals surface area (Å²) >= 11 is 0. The van der Waals surface area contributed by atoms with Crippen molar-refractivity contribution in [2.24, 2.45) is 0 Å². The Balaban J connectivity index is 1.70. The molecule has 0 saturated carbocycles. The van der Waals surface area contributed by atoms with Crippen LogP contribution in [-0.4, -0.2) is 66.2 Å². The molecule has 0 spiro atoms. The van der Waals surface area contributed by atoms with E-state index in [2.05, 4.69) is 15.2 Å². The van der Waals surface area contributed by atoms with E-state index in [9.17, 15) is 4.79 Å². The number of rotatable bonds is 3. The molecule has 3 rings (SSSR count). The molecule has 1 aromatic rings. The second-order valence-electron chi connectivity index (χ2n) is 6.25. The van der Waals surface area contributed by atoms with Crippen LogP contribution in [0.15, 0.2) is 24.4 Å². The SMILES string of the molecule is CN(C)C(=O)N[C@@H]1CN(Cc2ccccn2)[C@H]2CCCO[C@@H]12. The van der Waals surface area contributed by atoms with Crippen LogP contribution < -0.4 is 5.32 Å². The van der Waals surface area contributed by atoms with Gasteiger partial charge in [-0.25, -0.2) is 4.79 Å². The smallest absolute Gasteiger partial charge is 0.317 e. The normalized spacial score (nSPS) is 28.2. The lowest BCUT2D eigenvalue weighted by Crippen LogP contribution is -2.50. The molecule has 1 aromatic heterocycles. The highest BCUT2D eigenvalue weighted by Gasteiger charge is 2.44. The Kier molecular flexibility index (Phi) is 4.59. The number of nitrogens with one attached hydrogen (secondary N) is 1. The van der Waals surface area contributed by atoms with Gasteiger partial charge in [0.05, 0.1) is 17.8 Å². The van der Waals surface area contributed by atoms with Crippen LogP contribution in [0.3, 0.4) is 0 Å². The molecule has 2 aliphatic rings. The van der Waals surface area contributed by atoms with Crippen molar-refractivity contribution in [1.29, 1.82) is 0 Å². The largest absolute Gasteiger partial charge is 0.374 e. The first kappa shape index (κ1) is 15.2. The van der Waals surface area contributed by atoms with E-state index >= 15 is 0 Å². The molecule has 6 nitrogen and oxygen atoms in total. The van der Waals surface area contributed by atoms with Gasteiger partial charge in [-0.05, 0) is 25.0 Å². The van der Waals surface area contributed by atoms with Gasteiger partial charge in [-0.3, -0.25) is 9.88 Å². The number of aromatic nitrogens is 1. The van der Waals surface area contributed by atoms with Crippen molar-refractivity contribution in [2.45, 2.75) is 37.6 Å². The molecule has 0 radical (unpaired) electrons. The number of carbonyl (C=O) groups excluding carboxylic acids is 1. The summed E-state index contributed by atoms with van der Waals surface area (Å²) in [6.07, 6.45) is 4.10. The lowest BCUT2D eigenvalue weighted by molar-refractivity contribution is -0.0209. The number of carbonyl (C=O) groups is 1. The molecule has 2 amide bonds. The molecule has 0 bridgehead atoms. The first-order valence-corrected chi connectivity index (χ1v) is 7.88. The molecule has 2 aliphatic heterocycles. The van der Waals surface area contributed by atoms with E-state index in [0.717, 1.165) is 38.2 Å². The monoisotopic (exact) mass is 304 g/mol. The van der Waals surface area contributed by atoms with Crippen molar-refractivity contribution >= 4 is 6.03 Å². The fourth-order valence-electron chi connectivity index (χ4n) is 3.35. The van der Waals surface area contributed by atoms with E-state index in [4.69, 9.17) is 4.74 Å². The predicted octanol–water partition coefficient (Wildman–Crippen LogP) is 1.08. The molecule has 0 unspecified atom stereocenters. The Bertz CT molecular complexity index is 508. The molecule has 22 heavy (non-hydrogen) atoms. The molecule has 3 atom stereocenters. The number of likely N-dealkylation sites (tertiary alicyclic amines) is 1. The van der Waals surface area contributed by atoms with Gasteiger partial charge >= 0.3 is 6.03 Å². The van der Waals surface area contributed by atoms with E-state index in [1.807, 2.05) is 24.4 Å². The minimum absolute atomic E-state index is 0.0453. The molecule has 2 saturated heterocycles. The van der Waals surface area contributed by atoms with Crippen molar-refractivity contribution in [3.63, 3.8) is 0 Å². The number of hydrogen-bond donors (Lipinski definition) is 1. The summed E-state index contributed by atoms with van der Waals surface area (Å²) in [5.74, 6) is 0. The Morgan fingerprint density at radius 3 is 3.09 bits per heavy atom. The fourth-order valence-corrected chi connectivity index (χ4v) is 3.35. The van der Waals surface area contributed by atoms with Crippen LogP contribution in [0.25, 0.3) is 0 Å². The lowest BCUT2D eigenvalue weighted by Gasteiger charge is -2.32. The van der Waals surface area contributed by atoms with Crippen molar-refractivity contribution in [1.82, 2.24) is 20.1 Å². The first-order valence-electron chi connectivity index (χ1n) is 7.88. The van der Waals surface area contributed by atoms with Crippen LogP contribution in [0, 0.1) is 0 Å². The molecular formula is C16H24N4O2. The highest BCUT2D eigenvalue weighted by Crippen LogP contribution is 2.30. The van der Waals surface area contributed by atoms with Crippen molar-refractivity contribution in [3.8, 4) is 0 Å². The Hall–Kier alpha value is -1.66. The van der Waals surface area contributed by atoms with Gasteiger partial charge in [0.1, 0.15) is 0 Å². The third kappa shape index (κ3) is 3.23. The summed E-state index contributed by atoms with van der Waals surface area (Å²) in [4.78, 5) is 20.3. The Morgan fingerprint density at radius 2 is 2.36 bits per heavy atom. The topological polar surface area (TPSA) is 57.7 Å². The van der Waals surface area contributed by atoms with E-state index in [0.29, 0.717) is 6.04 Å².